The lowest BCUT2D eigenvalue weighted by atomic mass is 10.1. The van der Waals surface area contributed by atoms with Gasteiger partial charge in [0, 0.05) is 32.7 Å². The zero-order chi connectivity index (χ0) is 22.6. The largest absolute Gasteiger partial charge is 0.350 e. The molecule has 0 aliphatic rings. The van der Waals surface area contributed by atoms with E-state index in [0.29, 0.717) is 15.6 Å². The average Bonchev–Trinajstić information content (AvgIpc) is 2.62. The molecule has 1 atom stereocenters. The Bertz CT molecular complexity index is 924. The lowest BCUT2D eigenvalue weighted by Crippen LogP contribution is -2.52. The summed E-state index contributed by atoms with van der Waals surface area (Å²) in [5.41, 5.74) is 0.219. The van der Waals surface area contributed by atoms with Gasteiger partial charge in [-0.3, -0.25) is 9.59 Å². The van der Waals surface area contributed by atoms with Crippen LogP contribution < -0.4 is 5.32 Å². The van der Waals surface area contributed by atoms with Crippen LogP contribution in [0.15, 0.2) is 36.4 Å². The molecular formula is C22H24Cl3FN2O2. The van der Waals surface area contributed by atoms with Crippen LogP contribution in [0.25, 0.3) is 0 Å². The Kier molecular flexibility index (Phi) is 8.14. The van der Waals surface area contributed by atoms with Crippen molar-refractivity contribution in [1.82, 2.24) is 10.2 Å². The first-order valence-corrected chi connectivity index (χ1v) is 10.5. The summed E-state index contributed by atoms with van der Waals surface area (Å²) < 4.78 is 14.2. The van der Waals surface area contributed by atoms with Gasteiger partial charge >= 0.3 is 0 Å². The number of carbonyl (C=O) groups is 2. The van der Waals surface area contributed by atoms with Crippen molar-refractivity contribution in [3.63, 3.8) is 0 Å². The first-order chi connectivity index (χ1) is 13.9. The predicted molar refractivity (Wildman–Crippen MR) is 119 cm³/mol. The smallest absolute Gasteiger partial charge is 0.242 e. The van der Waals surface area contributed by atoms with Crippen LogP contribution >= 0.6 is 34.8 Å². The third-order valence-electron chi connectivity index (χ3n) is 4.41. The zero-order valence-electron chi connectivity index (χ0n) is 17.2. The van der Waals surface area contributed by atoms with Gasteiger partial charge in [0.25, 0.3) is 0 Å². The topological polar surface area (TPSA) is 49.4 Å². The standard InChI is InChI=1S/C22H24Cl3FN2O2/c1-13(21(30)27-22(2,3)4)28(12-14-8-9-15(23)10-18(14)25)20(29)11-16-17(24)6-5-7-19(16)26/h5-10,13H,11-12H2,1-4H3,(H,27,30)/t13-/m0/s1. The number of hydrogen-bond donors (Lipinski definition) is 1. The molecular weight excluding hydrogens is 450 g/mol. The minimum absolute atomic E-state index is 0.0552. The van der Waals surface area contributed by atoms with Crippen LogP contribution in [0.1, 0.15) is 38.8 Å². The van der Waals surface area contributed by atoms with Crippen molar-refractivity contribution in [1.29, 1.82) is 0 Å². The molecule has 0 saturated carbocycles. The Balaban J connectivity index is 2.36. The fourth-order valence-corrected chi connectivity index (χ4v) is 3.54. The van der Waals surface area contributed by atoms with Gasteiger partial charge in [-0.1, -0.05) is 46.9 Å². The third-order valence-corrected chi connectivity index (χ3v) is 5.35. The Morgan fingerprint density at radius 2 is 1.77 bits per heavy atom. The average molecular weight is 474 g/mol. The molecule has 0 radical (unpaired) electrons. The fraction of sp³-hybridized carbons (Fsp3) is 0.364. The van der Waals surface area contributed by atoms with Gasteiger partial charge in [-0.15, -0.1) is 0 Å². The summed E-state index contributed by atoms with van der Waals surface area (Å²) in [4.78, 5) is 27.3. The molecule has 0 aliphatic carbocycles. The van der Waals surface area contributed by atoms with E-state index in [1.54, 1.807) is 25.1 Å². The van der Waals surface area contributed by atoms with E-state index < -0.39 is 23.3 Å². The summed E-state index contributed by atoms with van der Waals surface area (Å²) in [6.07, 6.45) is -0.288. The van der Waals surface area contributed by atoms with E-state index in [0.717, 1.165) is 0 Å². The summed E-state index contributed by atoms with van der Waals surface area (Å²) in [6, 6.07) is 8.31. The van der Waals surface area contributed by atoms with Gasteiger partial charge in [-0.2, -0.15) is 0 Å². The summed E-state index contributed by atoms with van der Waals surface area (Å²) in [6.45, 7) is 7.21. The fourth-order valence-electron chi connectivity index (χ4n) is 2.84. The lowest BCUT2D eigenvalue weighted by molar-refractivity contribution is -0.140. The maximum atomic E-state index is 14.2. The number of amides is 2. The number of rotatable bonds is 6. The van der Waals surface area contributed by atoms with E-state index in [1.807, 2.05) is 20.8 Å². The number of nitrogens with one attached hydrogen (secondary N) is 1. The Morgan fingerprint density at radius 3 is 2.33 bits per heavy atom. The number of hydrogen-bond acceptors (Lipinski definition) is 2. The van der Waals surface area contributed by atoms with E-state index in [2.05, 4.69) is 5.32 Å². The second kappa shape index (κ2) is 9.99. The number of halogens is 4. The second-order valence-corrected chi connectivity index (χ2v) is 9.30. The van der Waals surface area contributed by atoms with Crippen molar-refractivity contribution >= 4 is 46.6 Å². The first-order valence-electron chi connectivity index (χ1n) is 9.37. The lowest BCUT2D eigenvalue weighted by Gasteiger charge is -2.32. The number of nitrogens with zero attached hydrogens (tertiary/aromatic N) is 1. The molecule has 162 valence electrons. The molecule has 2 aromatic carbocycles. The maximum Gasteiger partial charge on any atom is 0.242 e. The van der Waals surface area contributed by atoms with Gasteiger partial charge in [-0.05, 0) is 57.5 Å². The van der Waals surface area contributed by atoms with Gasteiger partial charge in [0.1, 0.15) is 11.9 Å². The van der Waals surface area contributed by atoms with E-state index in [1.165, 1.54) is 23.1 Å². The molecule has 0 aromatic heterocycles. The van der Waals surface area contributed by atoms with Gasteiger partial charge in [0.05, 0.1) is 6.42 Å². The molecule has 0 spiro atoms. The summed E-state index contributed by atoms with van der Waals surface area (Å²) in [5.74, 6) is -1.36. The molecule has 0 aliphatic heterocycles. The van der Waals surface area contributed by atoms with E-state index in [4.69, 9.17) is 34.8 Å². The van der Waals surface area contributed by atoms with Crippen LogP contribution in [-0.4, -0.2) is 28.3 Å². The number of carbonyl (C=O) groups excluding carboxylic acids is 2. The molecule has 2 rings (SSSR count). The first kappa shape index (κ1) is 24.4. The van der Waals surface area contributed by atoms with Gasteiger partial charge < -0.3 is 10.2 Å². The highest BCUT2D eigenvalue weighted by Gasteiger charge is 2.29. The molecule has 2 aromatic rings. The Morgan fingerprint density at radius 1 is 1.10 bits per heavy atom. The van der Waals surface area contributed by atoms with Crippen molar-refractivity contribution in [2.75, 3.05) is 0 Å². The SMILES string of the molecule is C[C@@H](C(=O)NC(C)(C)C)N(Cc1ccc(Cl)cc1Cl)C(=O)Cc1c(F)cccc1Cl. The van der Waals surface area contributed by atoms with E-state index in [-0.39, 0.29) is 29.5 Å². The van der Waals surface area contributed by atoms with Gasteiger partial charge in [0.2, 0.25) is 11.8 Å². The van der Waals surface area contributed by atoms with Crippen LogP contribution in [0.3, 0.4) is 0 Å². The van der Waals surface area contributed by atoms with Crippen molar-refractivity contribution in [3.05, 3.63) is 68.4 Å². The Labute approximate surface area is 191 Å². The summed E-state index contributed by atoms with van der Waals surface area (Å²) in [7, 11) is 0. The molecule has 8 heteroatoms. The van der Waals surface area contributed by atoms with E-state index in [9.17, 15) is 14.0 Å². The molecule has 0 bridgehead atoms. The van der Waals surface area contributed by atoms with Crippen molar-refractivity contribution < 1.29 is 14.0 Å². The number of benzene rings is 2. The zero-order valence-corrected chi connectivity index (χ0v) is 19.5. The maximum absolute atomic E-state index is 14.2. The molecule has 0 fully saturated rings. The normalized spacial score (nSPS) is 12.4. The quantitative estimate of drug-likeness (QED) is 0.588. The van der Waals surface area contributed by atoms with Crippen molar-refractivity contribution in [2.45, 2.75) is 52.2 Å². The molecule has 30 heavy (non-hydrogen) atoms. The molecule has 0 saturated heterocycles. The Hall–Kier alpha value is -1.82. The van der Waals surface area contributed by atoms with Crippen LogP contribution in [0.2, 0.25) is 15.1 Å². The van der Waals surface area contributed by atoms with Crippen LogP contribution in [-0.2, 0) is 22.6 Å². The second-order valence-electron chi connectivity index (χ2n) is 8.05. The highest BCUT2D eigenvalue weighted by atomic mass is 35.5. The van der Waals surface area contributed by atoms with E-state index >= 15 is 0 Å². The molecule has 4 nitrogen and oxygen atoms in total. The minimum atomic E-state index is -0.825. The molecule has 1 N–H and O–H groups in total. The van der Waals surface area contributed by atoms with Crippen LogP contribution in [0.4, 0.5) is 4.39 Å². The monoisotopic (exact) mass is 472 g/mol. The van der Waals surface area contributed by atoms with Gasteiger partial charge in [-0.25, -0.2) is 4.39 Å². The molecule has 0 heterocycles. The van der Waals surface area contributed by atoms with Crippen LogP contribution in [0, 0.1) is 5.82 Å². The van der Waals surface area contributed by atoms with Gasteiger partial charge in [0.15, 0.2) is 0 Å². The summed E-state index contributed by atoms with van der Waals surface area (Å²) in [5, 5.41) is 3.84. The highest BCUT2D eigenvalue weighted by Crippen LogP contribution is 2.25. The molecule has 0 unspecified atom stereocenters. The summed E-state index contributed by atoms with van der Waals surface area (Å²) >= 11 is 18.3. The third kappa shape index (κ3) is 6.59. The predicted octanol–water partition coefficient (Wildman–Crippen LogP) is 5.66. The minimum Gasteiger partial charge on any atom is -0.350 e. The van der Waals surface area contributed by atoms with Crippen LogP contribution in [0.5, 0.6) is 0 Å². The molecule has 2 amide bonds. The highest BCUT2D eigenvalue weighted by molar-refractivity contribution is 6.35. The van der Waals surface area contributed by atoms with Crippen molar-refractivity contribution in [3.8, 4) is 0 Å². The van der Waals surface area contributed by atoms with Crippen molar-refractivity contribution in [2.24, 2.45) is 0 Å².